The third-order valence-electron chi connectivity index (χ3n) is 3.99. The summed E-state index contributed by atoms with van der Waals surface area (Å²) in [6.45, 7) is 1.90. The van der Waals surface area contributed by atoms with Crippen molar-refractivity contribution in [1.29, 1.82) is 0 Å². The molecule has 0 bridgehead atoms. The third kappa shape index (κ3) is 3.63. The van der Waals surface area contributed by atoms with E-state index < -0.39 is 0 Å². The van der Waals surface area contributed by atoms with E-state index in [0.29, 0.717) is 11.3 Å². The van der Waals surface area contributed by atoms with Crippen LogP contribution in [0.1, 0.15) is 39.6 Å². The topological polar surface area (TPSA) is 75.7 Å². The monoisotopic (exact) mass is 338 g/mol. The van der Waals surface area contributed by atoms with Crippen LogP contribution in [0.5, 0.6) is 0 Å². The summed E-state index contributed by atoms with van der Waals surface area (Å²) in [5.41, 5.74) is 1.11. The van der Waals surface area contributed by atoms with Crippen LogP contribution >= 0.6 is 0 Å². The number of furan rings is 2. The van der Waals surface area contributed by atoms with Gasteiger partial charge in [0.1, 0.15) is 5.76 Å². The second-order valence-corrected chi connectivity index (χ2v) is 5.62. The summed E-state index contributed by atoms with van der Waals surface area (Å²) in [4.78, 5) is 26.1. The van der Waals surface area contributed by atoms with E-state index in [1.54, 1.807) is 60.7 Å². The lowest BCUT2D eigenvalue weighted by atomic mass is 10.1. The number of benzene rings is 1. The minimum absolute atomic E-state index is 0.132. The largest absolute Gasteiger partial charge is 0.467 e. The first-order chi connectivity index (χ1) is 12.1. The van der Waals surface area contributed by atoms with Crippen molar-refractivity contribution in [2.24, 2.45) is 0 Å². The quantitative estimate of drug-likeness (QED) is 0.764. The van der Waals surface area contributed by atoms with Crippen molar-refractivity contribution >= 4 is 17.5 Å². The predicted octanol–water partition coefficient (Wildman–Crippen LogP) is 3.96. The molecule has 3 aromatic rings. The van der Waals surface area contributed by atoms with Crippen LogP contribution in [0.4, 0.5) is 5.69 Å². The van der Waals surface area contributed by atoms with Gasteiger partial charge in [-0.1, -0.05) is 0 Å². The van der Waals surface area contributed by atoms with Crippen molar-refractivity contribution in [2.45, 2.75) is 13.0 Å². The highest BCUT2D eigenvalue weighted by atomic mass is 16.3. The number of carbonyl (C=O) groups is 2. The van der Waals surface area contributed by atoms with Gasteiger partial charge < -0.3 is 19.1 Å². The average molecular weight is 338 g/mol. The second kappa shape index (κ2) is 7.09. The summed E-state index contributed by atoms with van der Waals surface area (Å²) >= 11 is 0. The zero-order valence-corrected chi connectivity index (χ0v) is 13.9. The van der Waals surface area contributed by atoms with Gasteiger partial charge in [0.2, 0.25) is 0 Å². The van der Waals surface area contributed by atoms with Crippen molar-refractivity contribution < 1.29 is 18.4 Å². The Hall–Kier alpha value is -3.28. The van der Waals surface area contributed by atoms with Crippen LogP contribution in [-0.4, -0.2) is 23.8 Å². The molecule has 6 heteroatoms. The average Bonchev–Trinajstić information content (AvgIpc) is 3.33. The third-order valence-corrected chi connectivity index (χ3v) is 3.99. The molecule has 1 unspecified atom stereocenters. The van der Waals surface area contributed by atoms with Crippen LogP contribution < -0.4 is 5.32 Å². The van der Waals surface area contributed by atoms with Crippen molar-refractivity contribution in [3.8, 4) is 0 Å². The highest BCUT2D eigenvalue weighted by molar-refractivity contribution is 6.02. The number of nitrogens with one attached hydrogen (secondary N) is 1. The summed E-state index contributed by atoms with van der Waals surface area (Å²) in [6, 6.07) is 13.4. The minimum atomic E-state index is -0.340. The van der Waals surface area contributed by atoms with Crippen LogP contribution in [-0.2, 0) is 0 Å². The zero-order chi connectivity index (χ0) is 17.8. The van der Waals surface area contributed by atoms with Crippen molar-refractivity contribution in [3.05, 3.63) is 78.1 Å². The molecule has 2 aromatic heterocycles. The highest BCUT2D eigenvalue weighted by Crippen LogP contribution is 2.21. The van der Waals surface area contributed by atoms with Gasteiger partial charge in [-0.15, -0.1) is 0 Å². The van der Waals surface area contributed by atoms with Gasteiger partial charge in [0.25, 0.3) is 11.8 Å². The Morgan fingerprint density at radius 2 is 1.68 bits per heavy atom. The summed E-state index contributed by atoms with van der Waals surface area (Å²) in [7, 11) is 1.72. The molecule has 2 heterocycles. The number of hydrogen-bond acceptors (Lipinski definition) is 4. The highest BCUT2D eigenvalue weighted by Gasteiger charge is 2.20. The lowest BCUT2D eigenvalue weighted by Gasteiger charge is -2.23. The van der Waals surface area contributed by atoms with E-state index in [0.717, 1.165) is 5.76 Å². The molecule has 1 atom stereocenters. The number of nitrogens with zero attached hydrogens (tertiary/aromatic N) is 1. The lowest BCUT2D eigenvalue weighted by Crippen LogP contribution is -2.29. The number of rotatable bonds is 5. The number of amides is 2. The standard InChI is InChI=1S/C19H18N2O4/c1-13(16-5-3-11-24-16)21(2)19(23)14-7-9-15(10-8-14)20-18(22)17-6-4-12-25-17/h3-13H,1-2H3,(H,20,22). The van der Waals surface area contributed by atoms with Gasteiger partial charge in [-0.3, -0.25) is 9.59 Å². The van der Waals surface area contributed by atoms with Crippen molar-refractivity contribution in [2.75, 3.05) is 12.4 Å². The first-order valence-electron chi connectivity index (χ1n) is 7.81. The first-order valence-corrected chi connectivity index (χ1v) is 7.81. The molecule has 128 valence electrons. The maximum atomic E-state index is 12.6. The van der Waals surface area contributed by atoms with E-state index in [2.05, 4.69) is 5.32 Å². The zero-order valence-electron chi connectivity index (χ0n) is 13.9. The van der Waals surface area contributed by atoms with Crippen LogP contribution in [0.2, 0.25) is 0 Å². The van der Waals surface area contributed by atoms with Crippen LogP contribution in [0.25, 0.3) is 0 Å². The Morgan fingerprint density at radius 1 is 1.00 bits per heavy atom. The number of anilines is 1. The van der Waals surface area contributed by atoms with E-state index in [1.807, 2.05) is 13.0 Å². The second-order valence-electron chi connectivity index (χ2n) is 5.62. The fourth-order valence-corrected chi connectivity index (χ4v) is 2.40. The Bertz CT molecular complexity index is 836. The molecule has 0 aliphatic heterocycles. The predicted molar refractivity (Wildman–Crippen MR) is 92.3 cm³/mol. The minimum Gasteiger partial charge on any atom is -0.467 e. The summed E-state index contributed by atoms with van der Waals surface area (Å²) in [6.07, 6.45) is 3.02. The molecular formula is C19H18N2O4. The number of carbonyl (C=O) groups excluding carboxylic acids is 2. The van der Waals surface area contributed by atoms with E-state index in [-0.39, 0.29) is 23.6 Å². The Morgan fingerprint density at radius 3 is 2.28 bits per heavy atom. The molecule has 1 N–H and O–H groups in total. The molecule has 25 heavy (non-hydrogen) atoms. The summed E-state index contributed by atoms with van der Waals surface area (Å²) < 4.78 is 10.4. The van der Waals surface area contributed by atoms with Gasteiger partial charge >= 0.3 is 0 Å². The van der Waals surface area contributed by atoms with Crippen LogP contribution in [0.15, 0.2) is 69.9 Å². The van der Waals surface area contributed by atoms with Gasteiger partial charge in [0.15, 0.2) is 5.76 Å². The normalized spacial score (nSPS) is 11.8. The first kappa shape index (κ1) is 16.6. The van der Waals surface area contributed by atoms with Gasteiger partial charge in [0, 0.05) is 18.3 Å². The molecule has 0 radical (unpaired) electrons. The molecule has 0 spiro atoms. The van der Waals surface area contributed by atoms with E-state index in [1.165, 1.54) is 6.26 Å². The smallest absolute Gasteiger partial charge is 0.291 e. The molecule has 0 aliphatic rings. The maximum Gasteiger partial charge on any atom is 0.291 e. The molecule has 0 saturated carbocycles. The molecule has 0 saturated heterocycles. The number of hydrogen-bond donors (Lipinski definition) is 1. The lowest BCUT2D eigenvalue weighted by molar-refractivity contribution is 0.0726. The van der Waals surface area contributed by atoms with Crippen LogP contribution in [0, 0.1) is 0 Å². The molecule has 3 rings (SSSR count). The summed E-state index contributed by atoms with van der Waals surface area (Å²) in [5.74, 6) is 0.478. The SMILES string of the molecule is CC(c1ccco1)N(C)C(=O)c1ccc(NC(=O)c2ccco2)cc1. The Labute approximate surface area is 145 Å². The summed E-state index contributed by atoms with van der Waals surface area (Å²) in [5, 5.41) is 2.71. The van der Waals surface area contributed by atoms with Crippen molar-refractivity contribution in [3.63, 3.8) is 0 Å². The van der Waals surface area contributed by atoms with Gasteiger partial charge in [-0.2, -0.15) is 0 Å². The van der Waals surface area contributed by atoms with Crippen LogP contribution in [0.3, 0.4) is 0 Å². The molecular weight excluding hydrogens is 320 g/mol. The molecule has 0 fully saturated rings. The maximum absolute atomic E-state index is 12.6. The van der Waals surface area contributed by atoms with E-state index in [9.17, 15) is 9.59 Å². The van der Waals surface area contributed by atoms with Gasteiger partial charge in [0.05, 0.1) is 18.6 Å². The van der Waals surface area contributed by atoms with Gasteiger partial charge in [-0.05, 0) is 55.5 Å². The Balaban J connectivity index is 1.67. The molecule has 0 aliphatic carbocycles. The molecule has 1 aromatic carbocycles. The molecule has 6 nitrogen and oxygen atoms in total. The fraction of sp³-hybridized carbons (Fsp3) is 0.158. The van der Waals surface area contributed by atoms with Crippen molar-refractivity contribution in [1.82, 2.24) is 4.90 Å². The van der Waals surface area contributed by atoms with E-state index >= 15 is 0 Å². The van der Waals surface area contributed by atoms with Gasteiger partial charge in [-0.25, -0.2) is 0 Å². The Kier molecular flexibility index (Phi) is 4.70. The fourth-order valence-electron chi connectivity index (χ4n) is 2.40. The van der Waals surface area contributed by atoms with E-state index in [4.69, 9.17) is 8.83 Å². The molecule has 2 amide bonds.